The molecule has 2 N–H and O–H groups in total. The fourth-order valence-corrected chi connectivity index (χ4v) is 4.02. The number of ether oxygens (including phenoxy) is 1. The molecular weight excluding hydrogens is 314 g/mol. The van der Waals surface area contributed by atoms with Gasteiger partial charge in [-0.25, -0.2) is 0 Å². The van der Waals surface area contributed by atoms with Crippen LogP contribution in [-0.4, -0.2) is 24.6 Å². The topological polar surface area (TPSA) is 50.4 Å². The van der Waals surface area contributed by atoms with Gasteiger partial charge in [0.1, 0.15) is 5.75 Å². The molecule has 6 heteroatoms. The van der Waals surface area contributed by atoms with Crippen molar-refractivity contribution in [2.75, 3.05) is 0 Å². The molecule has 1 amide bonds. The molecular formula is C18H24F2N2O2. The van der Waals surface area contributed by atoms with Crippen LogP contribution in [0.4, 0.5) is 8.78 Å². The number of carbonyl (C=O) groups is 1. The van der Waals surface area contributed by atoms with Gasteiger partial charge >= 0.3 is 6.61 Å². The van der Waals surface area contributed by atoms with Gasteiger partial charge in [0.05, 0.1) is 6.04 Å². The minimum absolute atomic E-state index is 0.0272. The van der Waals surface area contributed by atoms with Gasteiger partial charge in [0.15, 0.2) is 0 Å². The number of carbonyl (C=O) groups excluding carboxylic acids is 1. The Balaban J connectivity index is 1.56. The molecule has 0 aromatic heterocycles. The lowest BCUT2D eigenvalue weighted by molar-refractivity contribution is -0.122. The maximum Gasteiger partial charge on any atom is 0.387 e. The number of halogens is 2. The third-order valence-electron chi connectivity index (χ3n) is 5.02. The highest BCUT2D eigenvalue weighted by atomic mass is 19.3. The highest BCUT2D eigenvalue weighted by Gasteiger charge is 2.34. The Labute approximate surface area is 141 Å². The summed E-state index contributed by atoms with van der Waals surface area (Å²) in [6, 6.07) is 7.33. The average Bonchev–Trinajstić information content (AvgIpc) is 2.85. The molecule has 0 aliphatic carbocycles. The molecule has 2 bridgehead atoms. The number of fused-ring (bicyclic) bond motifs is 2. The molecule has 2 heterocycles. The van der Waals surface area contributed by atoms with Crippen LogP contribution < -0.4 is 15.4 Å². The van der Waals surface area contributed by atoms with Crippen molar-refractivity contribution in [1.29, 1.82) is 0 Å². The molecule has 132 valence electrons. The van der Waals surface area contributed by atoms with Crippen molar-refractivity contribution in [3.05, 3.63) is 29.8 Å². The molecule has 0 spiro atoms. The number of alkyl halides is 2. The number of hydrogen-bond acceptors (Lipinski definition) is 3. The molecule has 2 aliphatic heterocycles. The summed E-state index contributed by atoms with van der Waals surface area (Å²) < 4.78 is 29.5. The second-order valence-electron chi connectivity index (χ2n) is 6.88. The lowest BCUT2D eigenvalue weighted by atomic mass is 9.89. The normalized spacial score (nSPS) is 27.1. The van der Waals surface area contributed by atoms with Gasteiger partial charge in [-0.15, -0.1) is 0 Å². The fourth-order valence-electron chi connectivity index (χ4n) is 4.02. The first-order valence-electron chi connectivity index (χ1n) is 8.60. The molecule has 24 heavy (non-hydrogen) atoms. The van der Waals surface area contributed by atoms with Gasteiger partial charge in [-0.2, -0.15) is 8.78 Å². The summed E-state index contributed by atoms with van der Waals surface area (Å²) in [6.07, 6.45) is 5.00. The molecule has 3 rings (SSSR count). The predicted octanol–water partition coefficient (Wildman–Crippen LogP) is 3.39. The van der Waals surface area contributed by atoms with Gasteiger partial charge in [0.2, 0.25) is 5.91 Å². The van der Waals surface area contributed by atoms with Gasteiger partial charge in [-0.3, -0.25) is 4.79 Å². The van der Waals surface area contributed by atoms with E-state index in [1.807, 2.05) is 0 Å². The van der Waals surface area contributed by atoms with Crippen molar-refractivity contribution in [3.63, 3.8) is 0 Å². The van der Waals surface area contributed by atoms with E-state index >= 15 is 0 Å². The standard InChI is InChI=1S/C18H24F2N2O2/c1-11(15-4-2-3-5-16(15)24-18(19)20)21-17(23)10-12-8-13-6-7-14(9-12)22-13/h2-5,11-14,18,22H,6-10H2,1H3,(H,21,23). The van der Waals surface area contributed by atoms with Crippen LogP contribution in [0.5, 0.6) is 5.75 Å². The average molecular weight is 338 g/mol. The Hall–Kier alpha value is -1.69. The highest BCUT2D eigenvalue weighted by Crippen LogP contribution is 2.33. The lowest BCUT2D eigenvalue weighted by Gasteiger charge is -2.29. The van der Waals surface area contributed by atoms with Crippen molar-refractivity contribution in [2.24, 2.45) is 5.92 Å². The number of hydrogen-bond donors (Lipinski definition) is 2. The summed E-state index contributed by atoms with van der Waals surface area (Å²) >= 11 is 0. The summed E-state index contributed by atoms with van der Waals surface area (Å²) in [5, 5.41) is 6.49. The first-order valence-corrected chi connectivity index (χ1v) is 8.60. The first-order chi connectivity index (χ1) is 11.5. The molecule has 3 unspecified atom stereocenters. The molecule has 3 atom stereocenters. The van der Waals surface area contributed by atoms with E-state index in [-0.39, 0.29) is 17.7 Å². The van der Waals surface area contributed by atoms with Crippen LogP contribution in [0.15, 0.2) is 24.3 Å². The van der Waals surface area contributed by atoms with Gasteiger partial charge in [0, 0.05) is 24.1 Å². The maximum atomic E-state index is 12.5. The number of benzene rings is 1. The number of piperidine rings is 1. The SMILES string of the molecule is CC(NC(=O)CC1CC2CCC(C1)N2)c1ccccc1OC(F)F. The fraction of sp³-hybridized carbons (Fsp3) is 0.611. The third kappa shape index (κ3) is 4.23. The molecule has 1 aromatic carbocycles. The Morgan fingerprint density at radius 3 is 2.62 bits per heavy atom. The highest BCUT2D eigenvalue weighted by molar-refractivity contribution is 5.76. The second kappa shape index (κ2) is 7.47. The van der Waals surface area contributed by atoms with Crippen molar-refractivity contribution >= 4 is 5.91 Å². The van der Waals surface area contributed by atoms with Gasteiger partial charge in [0.25, 0.3) is 0 Å². The minimum atomic E-state index is -2.88. The van der Waals surface area contributed by atoms with E-state index in [4.69, 9.17) is 0 Å². The van der Waals surface area contributed by atoms with E-state index in [1.54, 1.807) is 25.1 Å². The first kappa shape index (κ1) is 17.1. The van der Waals surface area contributed by atoms with Crippen LogP contribution in [0.3, 0.4) is 0 Å². The van der Waals surface area contributed by atoms with E-state index in [0.717, 1.165) is 12.8 Å². The molecule has 1 aromatic rings. The zero-order valence-electron chi connectivity index (χ0n) is 13.8. The summed E-state index contributed by atoms with van der Waals surface area (Å²) in [4.78, 5) is 12.3. The smallest absolute Gasteiger partial charge is 0.387 e. The summed E-state index contributed by atoms with van der Waals surface area (Å²) in [5.74, 6) is 0.490. The van der Waals surface area contributed by atoms with E-state index < -0.39 is 6.61 Å². The summed E-state index contributed by atoms with van der Waals surface area (Å²) in [7, 11) is 0. The minimum Gasteiger partial charge on any atom is -0.434 e. The molecule has 0 radical (unpaired) electrons. The van der Waals surface area contributed by atoms with E-state index in [1.165, 1.54) is 18.9 Å². The van der Waals surface area contributed by atoms with Crippen LogP contribution in [-0.2, 0) is 4.79 Å². The number of nitrogens with one attached hydrogen (secondary N) is 2. The summed E-state index contributed by atoms with van der Waals surface area (Å²) in [5.41, 5.74) is 0.566. The Morgan fingerprint density at radius 2 is 1.96 bits per heavy atom. The second-order valence-corrected chi connectivity index (χ2v) is 6.88. The van der Waals surface area contributed by atoms with Crippen LogP contribution in [0.25, 0.3) is 0 Å². The predicted molar refractivity (Wildman–Crippen MR) is 86.9 cm³/mol. The zero-order chi connectivity index (χ0) is 17.1. The van der Waals surface area contributed by atoms with Crippen LogP contribution in [0.1, 0.15) is 50.6 Å². The van der Waals surface area contributed by atoms with Gasteiger partial charge < -0.3 is 15.4 Å². The Bertz CT molecular complexity index is 570. The van der Waals surface area contributed by atoms with E-state index in [0.29, 0.717) is 30.0 Å². The van der Waals surface area contributed by atoms with Crippen molar-refractivity contribution in [3.8, 4) is 5.75 Å². The largest absolute Gasteiger partial charge is 0.434 e. The van der Waals surface area contributed by atoms with Crippen molar-refractivity contribution in [1.82, 2.24) is 10.6 Å². The molecule has 2 saturated heterocycles. The molecule has 2 fully saturated rings. The van der Waals surface area contributed by atoms with E-state index in [9.17, 15) is 13.6 Å². The van der Waals surface area contributed by atoms with Gasteiger partial charge in [-0.1, -0.05) is 18.2 Å². The number of para-hydroxylation sites is 1. The van der Waals surface area contributed by atoms with Crippen LogP contribution in [0.2, 0.25) is 0 Å². The summed E-state index contributed by atoms with van der Waals surface area (Å²) in [6.45, 7) is -1.09. The lowest BCUT2D eigenvalue weighted by Crippen LogP contribution is -2.40. The monoisotopic (exact) mass is 338 g/mol. The Morgan fingerprint density at radius 1 is 1.29 bits per heavy atom. The van der Waals surface area contributed by atoms with Crippen LogP contribution in [0, 0.1) is 5.92 Å². The number of amides is 1. The van der Waals surface area contributed by atoms with Gasteiger partial charge in [-0.05, 0) is 44.6 Å². The van der Waals surface area contributed by atoms with Crippen molar-refractivity contribution < 1.29 is 18.3 Å². The molecule has 2 aliphatic rings. The van der Waals surface area contributed by atoms with E-state index in [2.05, 4.69) is 15.4 Å². The Kier molecular flexibility index (Phi) is 5.33. The molecule has 4 nitrogen and oxygen atoms in total. The maximum absolute atomic E-state index is 12.5. The molecule has 0 saturated carbocycles. The third-order valence-corrected chi connectivity index (χ3v) is 5.02. The van der Waals surface area contributed by atoms with Crippen LogP contribution >= 0.6 is 0 Å². The van der Waals surface area contributed by atoms with Crippen molar-refractivity contribution in [2.45, 2.75) is 63.8 Å². The number of rotatable bonds is 6. The quantitative estimate of drug-likeness (QED) is 0.836. The zero-order valence-corrected chi connectivity index (χ0v) is 13.8.